The van der Waals surface area contributed by atoms with Crippen molar-refractivity contribution >= 4 is 11.9 Å². The summed E-state index contributed by atoms with van der Waals surface area (Å²) in [4.78, 5) is 23.0. The third-order valence-electron chi connectivity index (χ3n) is 3.20. The van der Waals surface area contributed by atoms with Gasteiger partial charge >= 0.3 is 5.97 Å². The van der Waals surface area contributed by atoms with Crippen LogP contribution in [-0.4, -0.2) is 35.2 Å². The van der Waals surface area contributed by atoms with E-state index in [1.165, 1.54) is 0 Å². The Kier molecular flexibility index (Phi) is 4.29. The highest BCUT2D eigenvalue weighted by molar-refractivity contribution is 5.89. The van der Waals surface area contributed by atoms with Gasteiger partial charge in [-0.15, -0.1) is 0 Å². The number of hydrogen-bond donors (Lipinski definition) is 2. The van der Waals surface area contributed by atoms with Crippen molar-refractivity contribution in [2.75, 3.05) is 6.61 Å². The highest BCUT2D eigenvalue weighted by atomic mass is 16.5. The Labute approximate surface area is 95.2 Å². The number of nitrogens with one attached hydrogen (secondary N) is 1. The van der Waals surface area contributed by atoms with Crippen LogP contribution in [0.3, 0.4) is 0 Å². The summed E-state index contributed by atoms with van der Waals surface area (Å²) in [5, 5.41) is 11.8. The second-order valence-electron chi connectivity index (χ2n) is 4.09. The van der Waals surface area contributed by atoms with Crippen LogP contribution < -0.4 is 5.32 Å². The number of carbonyl (C=O) groups excluding carboxylic acids is 1. The van der Waals surface area contributed by atoms with Crippen molar-refractivity contribution < 1.29 is 19.4 Å². The van der Waals surface area contributed by atoms with E-state index in [4.69, 9.17) is 9.84 Å². The van der Waals surface area contributed by atoms with Gasteiger partial charge in [-0.05, 0) is 25.7 Å². The molecule has 92 valence electrons. The average Bonchev–Trinajstić information content (AvgIpc) is 2.78. The number of aliphatic carboxylic acids is 1. The number of amides is 1. The Hall–Kier alpha value is -1.10. The lowest BCUT2D eigenvalue weighted by atomic mass is 9.92. The Morgan fingerprint density at radius 2 is 2.06 bits per heavy atom. The van der Waals surface area contributed by atoms with E-state index in [0.717, 1.165) is 6.42 Å². The zero-order valence-corrected chi connectivity index (χ0v) is 9.78. The van der Waals surface area contributed by atoms with Crippen LogP contribution in [0, 0.1) is 0 Å². The molecule has 0 aliphatic carbocycles. The second-order valence-corrected chi connectivity index (χ2v) is 4.09. The molecule has 16 heavy (non-hydrogen) atoms. The van der Waals surface area contributed by atoms with Gasteiger partial charge in [0.05, 0.1) is 0 Å². The minimum Gasteiger partial charge on any atom is -0.480 e. The topological polar surface area (TPSA) is 75.6 Å². The predicted octanol–water partition coefficient (Wildman–Crippen LogP) is 0.925. The number of hydrogen-bond acceptors (Lipinski definition) is 3. The summed E-state index contributed by atoms with van der Waals surface area (Å²) < 4.78 is 5.22. The summed E-state index contributed by atoms with van der Waals surface area (Å²) in [6.07, 6.45) is 1.80. The summed E-state index contributed by atoms with van der Waals surface area (Å²) in [5.74, 6) is -1.28. The molecule has 1 saturated heterocycles. The number of rotatable bonds is 5. The maximum absolute atomic E-state index is 11.8. The van der Waals surface area contributed by atoms with Gasteiger partial charge in [-0.2, -0.15) is 0 Å². The molecule has 0 aromatic heterocycles. The molecule has 1 rings (SSSR count). The molecule has 0 aromatic rings. The molecule has 1 heterocycles. The maximum Gasteiger partial charge on any atom is 0.329 e. The standard InChI is InChI=1S/C11H19NO4/c1-3-11(4-2,10(14)15)12-9(13)8-6-5-7-16-8/h8H,3-7H2,1-2H3,(H,12,13)(H,14,15). The summed E-state index contributed by atoms with van der Waals surface area (Å²) in [7, 11) is 0. The van der Waals surface area contributed by atoms with Gasteiger partial charge in [0.2, 0.25) is 5.91 Å². The Morgan fingerprint density at radius 3 is 2.44 bits per heavy atom. The SMILES string of the molecule is CCC(CC)(NC(=O)C1CCCO1)C(=O)O. The van der Waals surface area contributed by atoms with Gasteiger partial charge in [0.15, 0.2) is 0 Å². The van der Waals surface area contributed by atoms with Crippen molar-refractivity contribution in [2.24, 2.45) is 0 Å². The van der Waals surface area contributed by atoms with E-state index in [9.17, 15) is 9.59 Å². The molecule has 0 saturated carbocycles. The molecule has 1 unspecified atom stereocenters. The van der Waals surface area contributed by atoms with Gasteiger partial charge in [-0.25, -0.2) is 4.79 Å². The van der Waals surface area contributed by atoms with E-state index in [1.54, 1.807) is 13.8 Å². The summed E-state index contributed by atoms with van der Waals surface area (Å²) in [5.41, 5.74) is -1.15. The van der Waals surface area contributed by atoms with Crippen LogP contribution in [0.5, 0.6) is 0 Å². The summed E-state index contributed by atoms with van der Waals surface area (Å²) in [6, 6.07) is 0. The normalized spacial score (nSPS) is 20.8. The van der Waals surface area contributed by atoms with Crippen LogP contribution in [0.25, 0.3) is 0 Å². The monoisotopic (exact) mass is 229 g/mol. The fourth-order valence-corrected chi connectivity index (χ4v) is 1.88. The van der Waals surface area contributed by atoms with E-state index < -0.39 is 17.6 Å². The first-order valence-electron chi connectivity index (χ1n) is 5.72. The first-order valence-corrected chi connectivity index (χ1v) is 5.72. The Balaban J connectivity index is 2.67. The Bertz CT molecular complexity index is 267. The van der Waals surface area contributed by atoms with Crippen LogP contribution in [0.2, 0.25) is 0 Å². The molecule has 0 bridgehead atoms. The lowest BCUT2D eigenvalue weighted by Crippen LogP contribution is -2.56. The zero-order chi connectivity index (χ0) is 12.2. The highest BCUT2D eigenvalue weighted by Gasteiger charge is 2.38. The van der Waals surface area contributed by atoms with Crippen LogP contribution >= 0.6 is 0 Å². The van der Waals surface area contributed by atoms with Gasteiger partial charge < -0.3 is 15.2 Å². The van der Waals surface area contributed by atoms with Gasteiger partial charge in [0.25, 0.3) is 0 Å². The summed E-state index contributed by atoms with van der Waals surface area (Å²) in [6.45, 7) is 4.09. The maximum atomic E-state index is 11.8. The minimum absolute atomic E-state index is 0.302. The molecule has 5 heteroatoms. The number of carboxylic acids is 1. The van der Waals surface area contributed by atoms with Crippen molar-refractivity contribution in [1.82, 2.24) is 5.32 Å². The third-order valence-corrected chi connectivity index (χ3v) is 3.20. The predicted molar refractivity (Wildman–Crippen MR) is 58.1 cm³/mol. The molecule has 1 atom stereocenters. The molecule has 0 spiro atoms. The Morgan fingerprint density at radius 1 is 1.44 bits per heavy atom. The van der Waals surface area contributed by atoms with Crippen LogP contribution in [-0.2, 0) is 14.3 Å². The van der Waals surface area contributed by atoms with E-state index in [2.05, 4.69) is 5.32 Å². The van der Waals surface area contributed by atoms with Crippen molar-refractivity contribution in [3.63, 3.8) is 0 Å². The largest absolute Gasteiger partial charge is 0.480 e. The third kappa shape index (κ3) is 2.52. The molecule has 0 radical (unpaired) electrons. The van der Waals surface area contributed by atoms with E-state index in [1.807, 2.05) is 0 Å². The van der Waals surface area contributed by atoms with Crippen LogP contribution in [0.4, 0.5) is 0 Å². The molecule has 0 aromatic carbocycles. The summed E-state index contributed by atoms with van der Waals surface area (Å²) >= 11 is 0. The molecule has 1 amide bonds. The number of carbonyl (C=O) groups is 2. The first kappa shape index (κ1) is 13.0. The molecule has 1 fully saturated rings. The second kappa shape index (κ2) is 5.30. The van der Waals surface area contributed by atoms with Crippen molar-refractivity contribution in [3.05, 3.63) is 0 Å². The average molecular weight is 229 g/mol. The first-order chi connectivity index (χ1) is 7.55. The lowest BCUT2D eigenvalue weighted by molar-refractivity contribution is -0.149. The van der Waals surface area contributed by atoms with Crippen molar-refractivity contribution in [1.29, 1.82) is 0 Å². The van der Waals surface area contributed by atoms with Crippen LogP contribution in [0.1, 0.15) is 39.5 Å². The van der Waals surface area contributed by atoms with Gasteiger partial charge in [-0.1, -0.05) is 13.8 Å². The van der Waals surface area contributed by atoms with E-state index in [-0.39, 0.29) is 5.91 Å². The number of carboxylic acid groups (broad SMARTS) is 1. The smallest absolute Gasteiger partial charge is 0.329 e. The molecular weight excluding hydrogens is 210 g/mol. The van der Waals surface area contributed by atoms with E-state index >= 15 is 0 Å². The van der Waals surface area contributed by atoms with E-state index in [0.29, 0.717) is 25.9 Å². The molecule has 2 N–H and O–H groups in total. The highest BCUT2D eigenvalue weighted by Crippen LogP contribution is 2.18. The fourth-order valence-electron chi connectivity index (χ4n) is 1.88. The molecule has 1 aliphatic heterocycles. The van der Waals surface area contributed by atoms with Gasteiger partial charge in [-0.3, -0.25) is 4.79 Å². The van der Waals surface area contributed by atoms with Gasteiger partial charge in [0.1, 0.15) is 11.6 Å². The van der Waals surface area contributed by atoms with Gasteiger partial charge in [0, 0.05) is 6.61 Å². The van der Waals surface area contributed by atoms with Crippen molar-refractivity contribution in [2.45, 2.75) is 51.2 Å². The quantitative estimate of drug-likeness (QED) is 0.735. The fraction of sp³-hybridized carbons (Fsp3) is 0.818. The number of ether oxygens (including phenoxy) is 1. The van der Waals surface area contributed by atoms with Crippen molar-refractivity contribution in [3.8, 4) is 0 Å². The minimum atomic E-state index is -1.15. The lowest BCUT2D eigenvalue weighted by Gasteiger charge is -2.29. The van der Waals surface area contributed by atoms with Crippen LogP contribution in [0.15, 0.2) is 0 Å². The zero-order valence-electron chi connectivity index (χ0n) is 9.78. The molecule has 1 aliphatic rings. The molecule has 5 nitrogen and oxygen atoms in total. The molecular formula is C11H19NO4.